The molecule has 142 valence electrons. The zero-order valence-electron chi connectivity index (χ0n) is 16.2. The third kappa shape index (κ3) is 3.81. The molecule has 2 aromatic heterocycles. The maximum absolute atomic E-state index is 12.4. The second-order valence-corrected chi connectivity index (χ2v) is 8.49. The van der Waals surface area contributed by atoms with Gasteiger partial charge in [-0.25, -0.2) is 0 Å². The summed E-state index contributed by atoms with van der Waals surface area (Å²) in [6, 6.07) is 10.4. The van der Waals surface area contributed by atoms with Crippen LogP contribution >= 0.6 is 0 Å². The summed E-state index contributed by atoms with van der Waals surface area (Å²) in [5.74, 6) is 1.05. The fourth-order valence-corrected chi connectivity index (χ4v) is 3.66. The molecule has 1 aliphatic rings. The summed E-state index contributed by atoms with van der Waals surface area (Å²) in [6.07, 6.45) is 5.00. The number of fused-ring (bicyclic) bond motifs is 1. The van der Waals surface area contributed by atoms with E-state index < -0.39 is 0 Å². The first-order valence-electron chi connectivity index (χ1n) is 9.73. The second-order valence-electron chi connectivity index (χ2n) is 8.49. The summed E-state index contributed by atoms with van der Waals surface area (Å²) in [5, 5.41) is 7.92. The van der Waals surface area contributed by atoms with Crippen molar-refractivity contribution in [1.82, 2.24) is 24.9 Å². The fraction of sp³-hybridized carbons (Fsp3) is 0.476. The van der Waals surface area contributed by atoms with Gasteiger partial charge in [-0.15, -0.1) is 5.10 Å². The largest absolute Gasteiger partial charge is 0.326 e. The lowest BCUT2D eigenvalue weighted by Gasteiger charge is -2.18. The van der Waals surface area contributed by atoms with Crippen LogP contribution in [0.25, 0.3) is 17.2 Å². The monoisotopic (exact) mass is 365 g/mol. The third-order valence-electron chi connectivity index (χ3n) is 5.33. The Bertz CT molecular complexity index is 988. The summed E-state index contributed by atoms with van der Waals surface area (Å²) < 4.78 is 1.34. The molecule has 1 fully saturated rings. The van der Waals surface area contributed by atoms with Gasteiger partial charge in [0.2, 0.25) is 5.78 Å². The quantitative estimate of drug-likeness (QED) is 0.743. The van der Waals surface area contributed by atoms with E-state index in [1.807, 2.05) is 12.1 Å². The van der Waals surface area contributed by atoms with Crippen LogP contribution in [0.5, 0.6) is 0 Å². The Kier molecular flexibility index (Phi) is 4.60. The average molecular weight is 365 g/mol. The van der Waals surface area contributed by atoms with Gasteiger partial charge in [-0.05, 0) is 23.8 Å². The lowest BCUT2D eigenvalue weighted by atomic mass is 9.87. The molecule has 1 saturated carbocycles. The minimum Gasteiger partial charge on any atom is -0.326 e. The predicted octanol–water partition coefficient (Wildman–Crippen LogP) is 3.41. The summed E-state index contributed by atoms with van der Waals surface area (Å²) in [6.45, 7) is 7.21. The van der Waals surface area contributed by atoms with Crippen LogP contribution in [0.4, 0.5) is 0 Å². The molecule has 0 unspecified atom stereocenters. The molecule has 0 atom stereocenters. The Morgan fingerprint density at radius 1 is 1.19 bits per heavy atom. The average Bonchev–Trinajstić information content (AvgIpc) is 3.29. The van der Waals surface area contributed by atoms with Crippen molar-refractivity contribution in [1.29, 1.82) is 0 Å². The number of hydrogen-bond donors (Lipinski definition) is 2. The SMILES string of the molecule is CC(C)(C)c1ccc(-c2nc3[nH]c(CNC4CCCC4)cc(=O)n3n2)cc1. The molecule has 0 bridgehead atoms. The first-order valence-corrected chi connectivity index (χ1v) is 9.73. The van der Waals surface area contributed by atoms with Gasteiger partial charge in [-0.2, -0.15) is 9.50 Å². The summed E-state index contributed by atoms with van der Waals surface area (Å²) in [7, 11) is 0. The van der Waals surface area contributed by atoms with Gasteiger partial charge in [0.1, 0.15) is 0 Å². The van der Waals surface area contributed by atoms with Crippen molar-refractivity contribution in [3.05, 3.63) is 51.9 Å². The van der Waals surface area contributed by atoms with Crippen LogP contribution in [-0.2, 0) is 12.0 Å². The number of nitrogens with zero attached hydrogens (tertiary/aromatic N) is 3. The smallest absolute Gasteiger partial charge is 0.275 e. The van der Waals surface area contributed by atoms with Gasteiger partial charge in [-0.1, -0.05) is 57.9 Å². The molecule has 0 amide bonds. The Hall–Kier alpha value is -2.47. The number of rotatable bonds is 4. The molecule has 2 N–H and O–H groups in total. The van der Waals surface area contributed by atoms with Crippen molar-refractivity contribution in [2.45, 2.75) is 64.5 Å². The number of nitrogens with one attached hydrogen (secondary N) is 2. The molecule has 0 radical (unpaired) electrons. The Morgan fingerprint density at radius 3 is 2.56 bits per heavy atom. The molecule has 4 rings (SSSR count). The normalized spacial score (nSPS) is 15.7. The maximum Gasteiger partial charge on any atom is 0.275 e. The number of benzene rings is 1. The molecule has 6 heteroatoms. The first kappa shape index (κ1) is 17.9. The van der Waals surface area contributed by atoms with Crippen molar-refractivity contribution >= 4 is 5.78 Å². The molecule has 0 aliphatic heterocycles. The van der Waals surface area contributed by atoms with Crippen molar-refractivity contribution < 1.29 is 0 Å². The second kappa shape index (κ2) is 6.93. The van der Waals surface area contributed by atoms with E-state index in [1.54, 1.807) is 6.07 Å². The highest BCUT2D eigenvalue weighted by atomic mass is 16.1. The maximum atomic E-state index is 12.4. The molecule has 0 spiro atoms. The lowest BCUT2D eigenvalue weighted by Crippen LogP contribution is -2.27. The Labute approximate surface area is 159 Å². The van der Waals surface area contributed by atoms with E-state index in [0.717, 1.165) is 11.3 Å². The number of aromatic amines is 1. The summed E-state index contributed by atoms with van der Waals surface area (Å²) >= 11 is 0. The van der Waals surface area contributed by atoms with Gasteiger partial charge in [0.15, 0.2) is 5.82 Å². The highest BCUT2D eigenvalue weighted by Crippen LogP contribution is 2.25. The molecule has 6 nitrogen and oxygen atoms in total. The van der Waals surface area contributed by atoms with Gasteiger partial charge in [-0.3, -0.25) is 4.79 Å². The van der Waals surface area contributed by atoms with E-state index in [-0.39, 0.29) is 11.0 Å². The molecular formula is C21H27N5O. The summed E-state index contributed by atoms with van der Waals surface area (Å²) in [4.78, 5) is 20.2. The molecule has 27 heavy (non-hydrogen) atoms. The van der Waals surface area contributed by atoms with E-state index in [0.29, 0.717) is 24.2 Å². The zero-order valence-corrected chi connectivity index (χ0v) is 16.2. The van der Waals surface area contributed by atoms with E-state index in [1.165, 1.54) is 35.8 Å². The van der Waals surface area contributed by atoms with E-state index in [4.69, 9.17) is 0 Å². The van der Waals surface area contributed by atoms with Gasteiger partial charge in [0.05, 0.1) is 0 Å². The van der Waals surface area contributed by atoms with E-state index >= 15 is 0 Å². The standard InChI is InChI=1S/C21H27N5O/c1-21(2,3)15-10-8-14(9-11-15)19-24-20-23-17(12-18(27)26(20)25-19)13-22-16-6-4-5-7-16/h8-12,16,22H,4-7,13H2,1-3H3,(H,23,24,25). The Balaban J connectivity index is 1.59. The van der Waals surface area contributed by atoms with Crippen LogP contribution < -0.4 is 10.9 Å². The van der Waals surface area contributed by atoms with Gasteiger partial charge in [0, 0.05) is 29.9 Å². The van der Waals surface area contributed by atoms with Crippen LogP contribution in [0.1, 0.15) is 57.7 Å². The molecule has 2 heterocycles. The molecular weight excluding hydrogens is 338 g/mol. The predicted molar refractivity (Wildman–Crippen MR) is 107 cm³/mol. The minimum absolute atomic E-state index is 0.0993. The first-order chi connectivity index (χ1) is 12.9. The molecule has 3 aromatic rings. The highest BCUT2D eigenvalue weighted by Gasteiger charge is 2.16. The zero-order chi connectivity index (χ0) is 19.0. The number of H-pyrrole nitrogens is 1. The van der Waals surface area contributed by atoms with E-state index in [9.17, 15) is 4.79 Å². The topological polar surface area (TPSA) is 75.1 Å². The minimum atomic E-state index is -0.156. The van der Waals surface area contributed by atoms with Gasteiger partial charge >= 0.3 is 0 Å². The third-order valence-corrected chi connectivity index (χ3v) is 5.33. The lowest BCUT2D eigenvalue weighted by molar-refractivity contribution is 0.519. The molecule has 1 aliphatic carbocycles. The number of aromatic nitrogens is 4. The van der Waals surface area contributed by atoms with Crippen molar-refractivity contribution in [3.8, 4) is 11.4 Å². The summed E-state index contributed by atoms with van der Waals surface area (Å²) in [5.41, 5.74) is 2.96. The van der Waals surface area contributed by atoms with E-state index in [2.05, 4.69) is 53.3 Å². The van der Waals surface area contributed by atoms with Crippen LogP contribution in [0, 0.1) is 0 Å². The fourth-order valence-electron chi connectivity index (χ4n) is 3.66. The van der Waals surface area contributed by atoms with Crippen LogP contribution in [0.15, 0.2) is 35.1 Å². The van der Waals surface area contributed by atoms with Crippen molar-refractivity contribution in [2.75, 3.05) is 0 Å². The number of hydrogen-bond acceptors (Lipinski definition) is 4. The van der Waals surface area contributed by atoms with Crippen molar-refractivity contribution in [3.63, 3.8) is 0 Å². The van der Waals surface area contributed by atoms with Crippen LogP contribution in [0.2, 0.25) is 0 Å². The highest BCUT2D eigenvalue weighted by molar-refractivity contribution is 5.57. The molecule has 0 saturated heterocycles. The van der Waals surface area contributed by atoms with Crippen LogP contribution in [-0.4, -0.2) is 25.6 Å². The van der Waals surface area contributed by atoms with Gasteiger partial charge in [0.25, 0.3) is 5.56 Å². The van der Waals surface area contributed by atoms with Gasteiger partial charge < -0.3 is 10.3 Å². The Morgan fingerprint density at radius 2 is 1.89 bits per heavy atom. The van der Waals surface area contributed by atoms with Crippen LogP contribution in [0.3, 0.4) is 0 Å². The molecule has 1 aromatic carbocycles. The van der Waals surface area contributed by atoms with Crippen molar-refractivity contribution in [2.24, 2.45) is 0 Å².